The standard InChI is InChI=1S/C18H15N3S/c1-21(12-18-20-15-8-4-5-9-16(15)22-18)17-11-10-13-6-2-3-7-14(13)19-17/h2-11H,12H2,1H3. The molecule has 0 saturated carbocycles. The third-order valence-corrected chi connectivity index (χ3v) is 4.71. The summed E-state index contributed by atoms with van der Waals surface area (Å²) in [4.78, 5) is 11.6. The van der Waals surface area contributed by atoms with E-state index >= 15 is 0 Å². The molecular weight excluding hydrogens is 290 g/mol. The number of para-hydroxylation sites is 2. The Morgan fingerprint density at radius 3 is 2.50 bits per heavy atom. The molecule has 22 heavy (non-hydrogen) atoms. The molecule has 0 atom stereocenters. The van der Waals surface area contributed by atoms with Crippen molar-refractivity contribution in [3.05, 3.63) is 65.7 Å². The van der Waals surface area contributed by atoms with E-state index < -0.39 is 0 Å². The number of anilines is 1. The highest BCUT2D eigenvalue weighted by Crippen LogP contribution is 2.24. The Morgan fingerprint density at radius 1 is 0.864 bits per heavy atom. The van der Waals surface area contributed by atoms with Crippen LogP contribution in [-0.4, -0.2) is 17.0 Å². The van der Waals surface area contributed by atoms with Crippen LogP contribution in [0.5, 0.6) is 0 Å². The molecule has 0 bridgehead atoms. The van der Waals surface area contributed by atoms with E-state index in [1.165, 1.54) is 10.1 Å². The molecule has 0 unspecified atom stereocenters. The first-order valence-electron chi connectivity index (χ1n) is 7.21. The van der Waals surface area contributed by atoms with Crippen LogP contribution in [0.2, 0.25) is 0 Å². The van der Waals surface area contributed by atoms with E-state index in [1.54, 1.807) is 11.3 Å². The number of fused-ring (bicyclic) bond motifs is 2. The zero-order valence-corrected chi connectivity index (χ0v) is 13.0. The fourth-order valence-electron chi connectivity index (χ4n) is 2.54. The van der Waals surface area contributed by atoms with Crippen molar-refractivity contribution in [1.82, 2.24) is 9.97 Å². The Morgan fingerprint density at radius 2 is 1.64 bits per heavy atom. The van der Waals surface area contributed by atoms with Crippen LogP contribution >= 0.6 is 11.3 Å². The molecule has 108 valence electrons. The fraction of sp³-hybridized carbons (Fsp3) is 0.111. The monoisotopic (exact) mass is 305 g/mol. The number of thiazole rings is 1. The van der Waals surface area contributed by atoms with Crippen molar-refractivity contribution in [3.63, 3.8) is 0 Å². The van der Waals surface area contributed by atoms with E-state index in [0.717, 1.165) is 28.4 Å². The van der Waals surface area contributed by atoms with Crippen LogP contribution in [0.1, 0.15) is 5.01 Å². The Hall–Kier alpha value is -2.46. The quantitative estimate of drug-likeness (QED) is 0.559. The molecule has 2 aromatic carbocycles. The van der Waals surface area contributed by atoms with Gasteiger partial charge in [-0.1, -0.05) is 30.3 Å². The van der Waals surface area contributed by atoms with Gasteiger partial charge in [0.2, 0.25) is 0 Å². The van der Waals surface area contributed by atoms with Gasteiger partial charge in [-0.25, -0.2) is 9.97 Å². The van der Waals surface area contributed by atoms with Crippen LogP contribution in [0, 0.1) is 0 Å². The molecule has 4 aromatic rings. The summed E-state index contributed by atoms with van der Waals surface area (Å²) < 4.78 is 1.23. The minimum Gasteiger partial charge on any atom is -0.353 e. The molecule has 0 radical (unpaired) electrons. The van der Waals surface area contributed by atoms with Crippen molar-refractivity contribution in [3.8, 4) is 0 Å². The summed E-state index contributed by atoms with van der Waals surface area (Å²) in [7, 11) is 2.06. The zero-order chi connectivity index (χ0) is 14.9. The van der Waals surface area contributed by atoms with E-state index in [0.29, 0.717) is 0 Å². The minimum absolute atomic E-state index is 0.769. The second-order valence-corrected chi connectivity index (χ2v) is 6.41. The number of aromatic nitrogens is 2. The van der Waals surface area contributed by atoms with Crippen LogP contribution in [0.4, 0.5) is 5.82 Å². The Kier molecular flexibility index (Phi) is 3.24. The van der Waals surface area contributed by atoms with Gasteiger partial charge in [-0.3, -0.25) is 0 Å². The third kappa shape index (κ3) is 2.42. The third-order valence-electron chi connectivity index (χ3n) is 3.69. The van der Waals surface area contributed by atoms with Crippen molar-refractivity contribution in [2.45, 2.75) is 6.54 Å². The molecular formula is C18H15N3S. The summed E-state index contributed by atoms with van der Waals surface area (Å²) in [6.07, 6.45) is 0. The summed E-state index contributed by atoms with van der Waals surface area (Å²) in [6.45, 7) is 0.769. The van der Waals surface area contributed by atoms with Gasteiger partial charge in [0, 0.05) is 12.4 Å². The van der Waals surface area contributed by atoms with E-state index in [2.05, 4.69) is 53.3 Å². The summed E-state index contributed by atoms with van der Waals surface area (Å²) in [5.41, 5.74) is 2.10. The average Bonchev–Trinajstić information content (AvgIpc) is 2.96. The van der Waals surface area contributed by atoms with Crippen molar-refractivity contribution in [2.24, 2.45) is 0 Å². The number of benzene rings is 2. The van der Waals surface area contributed by atoms with Gasteiger partial charge in [-0.05, 0) is 30.3 Å². The van der Waals surface area contributed by atoms with Crippen molar-refractivity contribution in [1.29, 1.82) is 0 Å². The number of rotatable bonds is 3. The Labute approximate surface area is 132 Å². The molecule has 4 heteroatoms. The fourth-order valence-corrected chi connectivity index (χ4v) is 3.56. The van der Waals surface area contributed by atoms with Gasteiger partial charge < -0.3 is 4.90 Å². The highest BCUT2D eigenvalue weighted by atomic mass is 32.1. The van der Waals surface area contributed by atoms with Gasteiger partial charge in [-0.2, -0.15) is 0 Å². The lowest BCUT2D eigenvalue weighted by Gasteiger charge is -2.17. The lowest BCUT2D eigenvalue weighted by atomic mass is 10.2. The van der Waals surface area contributed by atoms with E-state index in [9.17, 15) is 0 Å². The molecule has 0 saturated heterocycles. The van der Waals surface area contributed by atoms with Crippen LogP contribution in [-0.2, 0) is 6.54 Å². The van der Waals surface area contributed by atoms with Crippen molar-refractivity contribution < 1.29 is 0 Å². The average molecular weight is 305 g/mol. The first kappa shape index (κ1) is 13.2. The number of nitrogens with zero attached hydrogens (tertiary/aromatic N) is 3. The van der Waals surface area contributed by atoms with Crippen LogP contribution in [0.3, 0.4) is 0 Å². The lowest BCUT2D eigenvalue weighted by Crippen LogP contribution is -2.17. The van der Waals surface area contributed by atoms with Gasteiger partial charge in [0.1, 0.15) is 10.8 Å². The van der Waals surface area contributed by atoms with E-state index in [4.69, 9.17) is 4.98 Å². The molecule has 0 aliphatic carbocycles. The molecule has 0 amide bonds. The van der Waals surface area contributed by atoms with Crippen molar-refractivity contribution in [2.75, 3.05) is 11.9 Å². The van der Waals surface area contributed by atoms with Crippen LogP contribution in [0.15, 0.2) is 60.7 Å². The molecule has 3 nitrogen and oxygen atoms in total. The molecule has 2 aromatic heterocycles. The predicted molar refractivity (Wildman–Crippen MR) is 93.5 cm³/mol. The molecule has 0 fully saturated rings. The predicted octanol–water partition coefficient (Wildman–Crippen LogP) is 4.48. The van der Waals surface area contributed by atoms with E-state index in [1.807, 2.05) is 24.3 Å². The maximum atomic E-state index is 4.73. The van der Waals surface area contributed by atoms with Gasteiger partial charge >= 0.3 is 0 Å². The Bertz CT molecular complexity index is 912. The number of pyridine rings is 1. The largest absolute Gasteiger partial charge is 0.353 e. The smallest absolute Gasteiger partial charge is 0.129 e. The number of hydrogen-bond donors (Lipinski definition) is 0. The summed E-state index contributed by atoms with van der Waals surface area (Å²) in [5, 5.41) is 2.28. The molecule has 2 heterocycles. The maximum Gasteiger partial charge on any atom is 0.129 e. The highest BCUT2D eigenvalue weighted by Gasteiger charge is 2.08. The molecule has 0 spiro atoms. The van der Waals surface area contributed by atoms with Gasteiger partial charge in [0.25, 0.3) is 0 Å². The first-order valence-corrected chi connectivity index (χ1v) is 8.03. The normalized spacial score (nSPS) is 11.1. The topological polar surface area (TPSA) is 29.0 Å². The second-order valence-electron chi connectivity index (χ2n) is 5.29. The SMILES string of the molecule is CN(Cc1nc2ccccc2s1)c1ccc2ccccc2n1. The molecule has 0 aliphatic rings. The first-order chi connectivity index (χ1) is 10.8. The highest BCUT2D eigenvalue weighted by molar-refractivity contribution is 7.18. The summed E-state index contributed by atoms with van der Waals surface area (Å²) in [5.74, 6) is 0.970. The van der Waals surface area contributed by atoms with Crippen LogP contribution < -0.4 is 4.90 Å². The maximum absolute atomic E-state index is 4.73. The minimum atomic E-state index is 0.769. The zero-order valence-electron chi connectivity index (χ0n) is 12.2. The van der Waals surface area contributed by atoms with Gasteiger partial charge in [0.15, 0.2) is 0 Å². The van der Waals surface area contributed by atoms with E-state index in [-0.39, 0.29) is 0 Å². The van der Waals surface area contributed by atoms with Gasteiger partial charge in [0.05, 0.1) is 22.3 Å². The van der Waals surface area contributed by atoms with Crippen molar-refractivity contribution >= 4 is 38.3 Å². The Balaban J connectivity index is 1.63. The second kappa shape index (κ2) is 5.39. The lowest BCUT2D eigenvalue weighted by molar-refractivity contribution is 0.895. The summed E-state index contributed by atoms with van der Waals surface area (Å²) in [6, 6.07) is 20.6. The van der Waals surface area contributed by atoms with Gasteiger partial charge in [-0.15, -0.1) is 11.3 Å². The molecule has 0 N–H and O–H groups in total. The van der Waals surface area contributed by atoms with Crippen LogP contribution in [0.25, 0.3) is 21.1 Å². The molecule has 4 rings (SSSR count). The summed E-state index contributed by atoms with van der Waals surface area (Å²) >= 11 is 1.74. The number of hydrogen-bond acceptors (Lipinski definition) is 4. The molecule has 0 aliphatic heterocycles.